The number of amides is 1. The Morgan fingerprint density at radius 3 is 2.68 bits per heavy atom. The van der Waals surface area contributed by atoms with Gasteiger partial charge in [0.1, 0.15) is 0 Å². The Balaban J connectivity index is 1.57. The lowest BCUT2D eigenvalue weighted by atomic mass is 10.1. The third-order valence-corrected chi connectivity index (χ3v) is 6.47. The molecule has 0 saturated carbocycles. The highest BCUT2D eigenvalue weighted by atomic mass is 35.6. The van der Waals surface area contributed by atoms with Crippen molar-refractivity contribution in [3.63, 3.8) is 0 Å². The second-order valence-electron chi connectivity index (χ2n) is 7.79. The van der Waals surface area contributed by atoms with Crippen LogP contribution < -0.4 is 16.0 Å². The van der Waals surface area contributed by atoms with Crippen molar-refractivity contribution in [1.82, 2.24) is 15.2 Å². The van der Waals surface area contributed by atoms with Gasteiger partial charge in [0.05, 0.1) is 11.2 Å². The number of nitrogens with zero attached hydrogens (tertiary/aromatic N) is 3. The highest BCUT2D eigenvalue weighted by molar-refractivity contribution is 7.80. The number of nitrogens with two attached hydrogens (primary N) is 1. The molecule has 1 atom stereocenters. The second-order valence-corrected chi connectivity index (χ2v) is 10.5. The summed E-state index contributed by atoms with van der Waals surface area (Å²) in [5.41, 5.74) is 8.87. The molecule has 2 aromatic carbocycles. The number of aromatic nitrogens is 1. The van der Waals surface area contributed by atoms with Gasteiger partial charge < -0.3 is 20.9 Å². The molecule has 34 heavy (non-hydrogen) atoms. The maximum absolute atomic E-state index is 12.7. The fourth-order valence-corrected chi connectivity index (χ4v) is 4.77. The molecule has 0 spiro atoms. The van der Waals surface area contributed by atoms with Crippen molar-refractivity contribution in [2.75, 3.05) is 23.7 Å². The molecular formula is C24H22Cl3N5OS. The quantitative estimate of drug-likeness (QED) is 0.204. The molecule has 1 amide bonds. The molecule has 2 heterocycles. The number of carbonyl (C=O) groups is 1. The van der Waals surface area contributed by atoms with Gasteiger partial charge in [-0.05, 0) is 54.5 Å². The number of anilines is 2. The fraction of sp³-hybridized carbons (Fsp3) is 0.208. The second kappa shape index (κ2) is 10.4. The predicted molar refractivity (Wildman–Crippen MR) is 145 cm³/mol. The summed E-state index contributed by atoms with van der Waals surface area (Å²) in [5, 5.41) is 4.24. The van der Waals surface area contributed by atoms with Gasteiger partial charge in [-0.1, -0.05) is 65.1 Å². The highest BCUT2D eigenvalue weighted by Gasteiger charge is 2.42. The van der Waals surface area contributed by atoms with Gasteiger partial charge >= 0.3 is 0 Å². The monoisotopic (exact) mass is 533 g/mol. The first kappa shape index (κ1) is 24.5. The molecule has 3 aromatic rings. The van der Waals surface area contributed by atoms with Gasteiger partial charge in [0.25, 0.3) is 0 Å². The molecule has 0 aliphatic carbocycles. The van der Waals surface area contributed by atoms with Crippen LogP contribution >= 0.6 is 47.0 Å². The molecule has 1 unspecified atom stereocenters. The van der Waals surface area contributed by atoms with E-state index in [1.807, 2.05) is 41.3 Å². The van der Waals surface area contributed by atoms with E-state index in [1.54, 1.807) is 35.4 Å². The molecule has 1 aliphatic rings. The summed E-state index contributed by atoms with van der Waals surface area (Å²) < 4.78 is -1.83. The van der Waals surface area contributed by atoms with Gasteiger partial charge in [-0.25, -0.2) is 0 Å². The van der Waals surface area contributed by atoms with Crippen molar-refractivity contribution in [2.45, 2.75) is 16.4 Å². The molecule has 1 aromatic heterocycles. The lowest BCUT2D eigenvalue weighted by Crippen LogP contribution is -2.62. The zero-order chi connectivity index (χ0) is 24.3. The molecule has 176 valence electrons. The van der Waals surface area contributed by atoms with Crippen molar-refractivity contribution in [1.29, 1.82) is 0 Å². The van der Waals surface area contributed by atoms with Crippen LogP contribution in [0.15, 0.2) is 66.9 Å². The number of halogens is 3. The molecular weight excluding hydrogens is 513 g/mol. The number of rotatable bonds is 5. The number of pyridine rings is 1. The number of nitrogens with one attached hydrogen (secondary N) is 1. The molecule has 1 aliphatic heterocycles. The molecule has 0 bridgehead atoms. The van der Waals surface area contributed by atoms with Crippen LogP contribution in [0, 0.1) is 0 Å². The Morgan fingerprint density at radius 1 is 1.15 bits per heavy atom. The van der Waals surface area contributed by atoms with E-state index in [0.717, 1.165) is 28.6 Å². The number of fused-ring (bicyclic) bond motifs is 1. The minimum absolute atomic E-state index is 0.425. The molecule has 10 heteroatoms. The Bertz CT molecular complexity index is 1240. The summed E-state index contributed by atoms with van der Waals surface area (Å²) in [6.07, 6.45) is 4.53. The SMILES string of the molecule is Nc1cccc(/C=C/C(=O)NC(N2CCCN(c3cccc4cccnc34)C2=S)C(Cl)(Cl)Cl)c1. The minimum atomic E-state index is -1.83. The van der Waals surface area contributed by atoms with Crippen LogP contribution in [0.3, 0.4) is 0 Å². The summed E-state index contributed by atoms with van der Waals surface area (Å²) in [7, 11) is 0. The summed E-state index contributed by atoms with van der Waals surface area (Å²) >= 11 is 24.7. The van der Waals surface area contributed by atoms with E-state index in [1.165, 1.54) is 6.08 Å². The molecule has 0 radical (unpaired) electrons. The third kappa shape index (κ3) is 5.55. The lowest BCUT2D eigenvalue weighted by Gasteiger charge is -2.44. The number of hydrogen-bond acceptors (Lipinski definition) is 4. The zero-order valence-corrected chi connectivity index (χ0v) is 21.1. The standard InChI is InChI=1S/C24H22Cl3N5OS/c25-24(26,27)22(30-20(33)11-10-16-5-1-8-18(28)15-16)32-14-4-13-31(23(32)34)19-9-2-6-17-7-3-12-29-21(17)19/h1-3,5-12,15,22H,4,13-14,28H2,(H,30,33)/b11-10+. The number of thiocarbonyl (C=S) groups is 1. The first-order valence-corrected chi connectivity index (χ1v) is 12.1. The van der Waals surface area contributed by atoms with Crippen molar-refractivity contribution in [3.05, 3.63) is 72.4 Å². The Hall–Kier alpha value is -2.58. The number of alkyl halides is 3. The maximum Gasteiger partial charge on any atom is 0.245 e. The summed E-state index contributed by atoms with van der Waals surface area (Å²) in [4.78, 5) is 21.0. The number of nitrogen functional groups attached to an aromatic ring is 1. The van der Waals surface area contributed by atoms with E-state index in [2.05, 4.69) is 10.3 Å². The predicted octanol–water partition coefficient (Wildman–Crippen LogP) is 5.14. The van der Waals surface area contributed by atoms with Gasteiger partial charge in [-0.2, -0.15) is 0 Å². The molecule has 4 rings (SSSR count). The summed E-state index contributed by atoms with van der Waals surface area (Å²) in [6.45, 7) is 1.20. The van der Waals surface area contributed by atoms with Crippen molar-refractivity contribution >= 4 is 86.4 Å². The zero-order valence-electron chi connectivity index (χ0n) is 18.0. The average Bonchev–Trinajstić information content (AvgIpc) is 2.81. The Kier molecular flexibility index (Phi) is 7.48. The maximum atomic E-state index is 12.7. The van der Waals surface area contributed by atoms with E-state index < -0.39 is 15.9 Å². The Labute approximate surface area is 218 Å². The minimum Gasteiger partial charge on any atom is -0.399 e. The fourth-order valence-electron chi connectivity index (χ4n) is 3.87. The molecule has 6 nitrogen and oxygen atoms in total. The number of carbonyl (C=O) groups excluding carboxylic acids is 1. The van der Waals surface area contributed by atoms with Gasteiger partial charge in [-0.15, -0.1) is 0 Å². The van der Waals surface area contributed by atoms with Crippen LogP contribution in [0.1, 0.15) is 12.0 Å². The first-order valence-electron chi connectivity index (χ1n) is 10.6. The molecule has 1 fully saturated rings. The smallest absolute Gasteiger partial charge is 0.245 e. The normalized spacial score (nSPS) is 15.7. The van der Waals surface area contributed by atoms with E-state index in [4.69, 9.17) is 52.8 Å². The van der Waals surface area contributed by atoms with Crippen molar-refractivity contribution in [2.24, 2.45) is 0 Å². The van der Waals surface area contributed by atoms with Gasteiger partial charge in [0.2, 0.25) is 9.70 Å². The molecule has 3 N–H and O–H groups in total. The van der Waals surface area contributed by atoms with Crippen LogP contribution in [0.2, 0.25) is 0 Å². The Morgan fingerprint density at radius 2 is 1.91 bits per heavy atom. The lowest BCUT2D eigenvalue weighted by molar-refractivity contribution is -0.117. The number of hydrogen-bond donors (Lipinski definition) is 2. The van der Waals surface area contributed by atoms with E-state index in [0.29, 0.717) is 23.9 Å². The number of benzene rings is 2. The highest BCUT2D eigenvalue weighted by Crippen LogP contribution is 2.35. The van der Waals surface area contributed by atoms with Crippen LogP contribution in [0.5, 0.6) is 0 Å². The van der Waals surface area contributed by atoms with Crippen LogP contribution in [-0.4, -0.2) is 44.0 Å². The van der Waals surface area contributed by atoms with Crippen molar-refractivity contribution < 1.29 is 4.79 Å². The van der Waals surface area contributed by atoms with Gasteiger partial charge in [-0.3, -0.25) is 9.78 Å². The summed E-state index contributed by atoms with van der Waals surface area (Å²) in [5.74, 6) is -0.425. The number of para-hydroxylation sites is 1. The topological polar surface area (TPSA) is 74.5 Å². The van der Waals surface area contributed by atoms with Crippen molar-refractivity contribution in [3.8, 4) is 0 Å². The van der Waals surface area contributed by atoms with E-state index >= 15 is 0 Å². The summed E-state index contributed by atoms with van der Waals surface area (Å²) in [6, 6.07) is 17.0. The van der Waals surface area contributed by atoms with Crippen LogP contribution in [0.4, 0.5) is 11.4 Å². The largest absolute Gasteiger partial charge is 0.399 e. The molecule has 1 saturated heterocycles. The van der Waals surface area contributed by atoms with E-state index in [-0.39, 0.29) is 0 Å². The van der Waals surface area contributed by atoms with Crippen LogP contribution in [0.25, 0.3) is 17.0 Å². The van der Waals surface area contributed by atoms with Gasteiger partial charge in [0.15, 0.2) is 11.3 Å². The third-order valence-electron chi connectivity index (χ3n) is 5.40. The average molecular weight is 535 g/mol. The van der Waals surface area contributed by atoms with E-state index in [9.17, 15) is 4.79 Å². The first-order chi connectivity index (χ1) is 16.2. The van der Waals surface area contributed by atoms with Crippen LogP contribution in [-0.2, 0) is 4.79 Å². The van der Waals surface area contributed by atoms with Gasteiger partial charge in [0, 0.05) is 36.4 Å².